The molecule has 0 aliphatic rings. The smallest absolute Gasteiger partial charge is 0.338 e. The van der Waals surface area contributed by atoms with Crippen molar-refractivity contribution < 1.29 is 18.0 Å². The fraction of sp³-hybridized carbons (Fsp3) is 0.111. The van der Waals surface area contributed by atoms with Crippen molar-refractivity contribution in [2.45, 2.75) is 19.6 Å². The summed E-state index contributed by atoms with van der Waals surface area (Å²) in [6, 6.07) is 17.7. The number of carbonyl (C=O) groups excluding carboxylic acids is 1. The topological polar surface area (TPSA) is 113 Å². The van der Waals surface area contributed by atoms with Crippen molar-refractivity contribution in [1.29, 1.82) is 0 Å². The van der Waals surface area contributed by atoms with Crippen LogP contribution in [-0.2, 0) is 17.5 Å². The molecule has 0 aliphatic carbocycles. The summed E-state index contributed by atoms with van der Waals surface area (Å²) in [5.41, 5.74) is 1.81. The molecule has 38 heavy (non-hydrogen) atoms. The van der Waals surface area contributed by atoms with Crippen LogP contribution in [0.1, 0.15) is 11.1 Å². The number of nitrogens with zero attached hydrogens (tertiary/aromatic N) is 2. The van der Waals surface area contributed by atoms with Crippen molar-refractivity contribution in [3.05, 3.63) is 105 Å². The molecule has 0 saturated heterocycles. The van der Waals surface area contributed by atoms with Crippen LogP contribution in [-0.4, -0.2) is 25.4 Å². The van der Waals surface area contributed by atoms with Gasteiger partial charge in [0.25, 0.3) is 5.56 Å². The van der Waals surface area contributed by atoms with Gasteiger partial charge in [0.05, 0.1) is 16.6 Å². The summed E-state index contributed by atoms with van der Waals surface area (Å²) in [5.74, 6) is -0.0304. The maximum absolute atomic E-state index is 13.1. The summed E-state index contributed by atoms with van der Waals surface area (Å²) < 4.78 is 40.3. The average molecular weight is 519 g/mol. The standard InChI is InChI=1S/C27H20F3N5O3/c1-15-13-35(26(38)34-25(15)37)14-23(36)31-20-7-3-5-17(11-20)16-4-2-6-18(10-16)24-32-21-9-8-19(27(28,29)30)12-22(21)33-24/h2-13H,14H2,1H3,(H,31,36)(H,32,33)(H,34,37,38). The number of carbonyl (C=O) groups is 1. The first kappa shape index (κ1) is 24.8. The lowest BCUT2D eigenvalue weighted by Crippen LogP contribution is -2.34. The van der Waals surface area contributed by atoms with E-state index < -0.39 is 28.9 Å². The summed E-state index contributed by atoms with van der Waals surface area (Å²) in [6.07, 6.45) is -3.13. The van der Waals surface area contributed by atoms with Gasteiger partial charge in [-0.1, -0.05) is 30.3 Å². The molecule has 2 heterocycles. The molecular formula is C27H20F3N5O3. The van der Waals surface area contributed by atoms with E-state index >= 15 is 0 Å². The van der Waals surface area contributed by atoms with Crippen molar-refractivity contribution in [3.8, 4) is 22.5 Å². The Bertz CT molecular complexity index is 1800. The number of aryl methyl sites for hydroxylation is 1. The Kier molecular flexibility index (Phi) is 6.19. The second-order valence-corrected chi connectivity index (χ2v) is 8.72. The van der Waals surface area contributed by atoms with Crippen LogP contribution in [0.3, 0.4) is 0 Å². The number of benzene rings is 3. The molecule has 3 aromatic carbocycles. The van der Waals surface area contributed by atoms with Crippen molar-refractivity contribution in [1.82, 2.24) is 19.5 Å². The van der Waals surface area contributed by atoms with E-state index in [0.717, 1.165) is 27.8 Å². The molecule has 0 fully saturated rings. The van der Waals surface area contributed by atoms with E-state index in [2.05, 4.69) is 20.3 Å². The number of halogens is 3. The van der Waals surface area contributed by atoms with Crippen LogP contribution < -0.4 is 16.6 Å². The quantitative estimate of drug-likeness (QED) is 0.312. The van der Waals surface area contributed by atoms with Crippen molar-refractivity contribution in [2.75, 3.05) is 5.32 Å². The second-order valence-electron chi connectivity index (χ2n) is 8.72. The van der Waals surface area contributed by atoms with E-state index in [0.29, 0.717) is 28.2 Å². The molecule has 3 N–H and O–H groups in total. The maximum atomic E-state index is 13.1. The highest BCUT2D eigenvalue weighted by molar-refractivity contribution is 5.91. The Labute approximate surface area is 212 Å². The van der Waals surface area contributed by atoms with Crippen LogP contribution in [0.5, 0.6) is 0 Å². The number of hydrogen-bond acceptors (Lipinski definition) is 4. The van der Waals surface area contributed by atoms with E-state index in [-0.39, 0.29) is 12.1 Å². The number of H-pyrrole nitrogens is 2. The van der Waals surface area contributed by atoms with Gasteiger partial charge in [-0.05, 0) is 54.4 Å². The van der Waals surface area contributed by atoms with E-state index in [4.69, 9.17) is 0 Å². The Balaban J connectivity index is 1.38. The lowest BCUT2D eigenvalue weighted by Gasteiger charge is -2.10. The second kappa shape index (κ2) is 9.51. The van der Waals surface area contributed by atoms with Crippen LogP contribution in [0.4, 0.5) is 18.9 Å². The highest BCUT2D eigenvalue weighted by Gasteiger charge is 2.30. The van der Waals surface area contributed by atoms with Crippen LogP contribution in [0.15, 0.2) is 82.5 Å². The first-order chi connectivity index (χ1) is 18.1. The normalized spacial score (nSPS) is 11.6. The number of hydrogen-bond donors (Lipinski definition) is 3. The minimum Gasteiger partial charge on any atom is -0.338 e. The number of rotatable bonds is 5. The molecule has 11 heteroatoms. The minimum atomic E-state index is -4.45. The number of alkyl halides is 3. The molecular weight excluding hydrogens is 499 g/mol. The fourth-order valence-corrected chi connectivity index (χ4v) is 4.04. The van der Waals surface area contributed by atoms with E-state index in [1.165, 1.54) is 19.2 Å². The molecule has 0 bridgehead atoms. The summed E-state index contributed by atoms with van der Waals surface area (Å²) in [7, 11) is 0. The molecule has 0 aliphatic heterocycles. The van der Waals surface area contributed by atoms with Gasteiger partial charge in [0.1, 0.15) is 12.4 Å². The van der Waals surface area contributed by atoms with Crippen molar-refractivity contribution in [2.24, 2.45) is 0 Å². The summed E-state index contributed by atoms with van der Waals surface area (Å²) in [5, 5.41) is 2.74. The number of nitrogens with one attached hydrogen (secondary N) is 3. The fourth-order valence-electron chi connectivity index (χ4n) is 4.04. The molecule has 0 unspecified atom stereocenters. The molecule has 5 aromatic rings. The third-order valence-corrected chi connectivity index (χ3v) is 5.93. The van der Waals surface area contributed by atoms with Crippen LogP contribution in [0.25, 0.3) is 33.5 Å². The maximum Gasteiger partial charge on any atom is 0.416 e. The number of fused-ring (bicyclic) bond motifs is 1. The summed E-state index contributed by atoms with van der Waals surface area (Å²) in [4.78, 5) is 45.6. The highest BCUT2D eigenvalue weighted by atomic mass is 19.4. The van der Waals surface area contributed by atoms with Gasteiger partial charge in [-0.15, -0.1) is 0 Å². The van der Waals surface area contributed by atoms with Gasteiger partial charge in [0.2, 0.25) is 5.91 Å². The Hall–Kier alpha value is -4.93. The Morgan fingerprint density at radius 3 is 2.42 bits per heavy atom. The van der Waals surface area contributed by atoms with Gasteiger partial charge in [0, 0.05) is 23.0 Å². The Morgan fingerprint density at radius 1 is 0.947 bits per heavy atom. The van der Waals surface area contributed by atoms with Crippen LogP contribution >= 0.6 is 0 Å². The zero-order chi connectivity index (χ0) is 27.0. The van der Waals surface area contributed by atoms with E-state index in [1.54, 1.807) is 30.3 Å². The molecule has 2 aromatic heterocycles. The molecule has 0 atom stereocenters. The highest BCUT2D eigenvalue weighted by Crippen LogP contribution is 2.32. The largest absolute Gasteiger partial charge is 0.416 e. The minimum absolute atomic E-state index is 0.279. The monoisotopic (exact) mass is 519 g/mol. The zero-order valence-electron chi connectivity index (χ0n) is 19.9. The molecule has 192 valence electrons. The first-order valence-electron chi connectivity index (χ1n) is 11.4. The van der Waals surface area contributed by atoms with Gasteiger partial charge in [-0.2, -0.15) is 13.2 Å². The third-order valence-electron chi connectivity index (χ3n) is 5.93. The van der Waals surface area contributed by atoms with Gasteiger partial charge >= 0.3 is 11.9 Å². The third kappa shape index (κ3) is 5.12. The lowest BCUT2D eigenvalue weighted by atomic mass is 10.0. The Morgan fingerprint density at radius 2 is 1.66 bits per heavy atom. The number of amides is 1. The molecule has 8 nitrogen and oxygen atoms in total. The number of aromatic amines is 2. The van der Waals surface area contributed by atoms with Crippen molar-refractivity contribution >= 4 is 22.6 Å². The molecule has 0 saturated carbocycles. The van der Waals surface area contributed by atoms with E-state index in [9.17, 15) is 27.6 Å². The first-order valence-corrected chi connectivity index (χ1v) is 11.4. The van der Waals surface area contributed by atoms with Gasteiger partial charge in [-0.3, -0.25) is 19.1 Å². The molecule has 0 radical (unpaired) electrons. The zero-order valence-corrected chi connectivity index (χ0v) is 19.9. The SMILES string of the molecule is Cc1cn(CC(=O)Nc2cccc(-c3cccc(-c4nc5ccc(C(F)(F)F)cc5[nH]4)c3)c2)c(=O)[nH]c1=O. The number of aromatic nitrogens is 4. The van der Waals surface area contributed by atoms with Gasteiger partial charge in [-0.25, -0.2) is 9.78 Å². The molecule has 0 spiro atoms. The predicted octanol–water partition coefficient (Wildman–Crippen LogP) is 4.71. The van der Waals surface area contributed by atoms with Crippen LogP contribution in [0, 0.1) is 6.92 Å². The van der Waals surface area contributed by atoms with Gasteiger partial charge < -0.3 is 10.3 Å². The van der Waals surface area contributed by atoms with Crippen LogP contribution in [0.2, 0.25) is 0 Å². The lowest BCUT2D eigenvalue weighted by molar-refractivity contribution is -0.137. The average Bonchev–Trinajstić information content (AvgIpc) is 3.31. The molecule has 1 amide bonds. The van der Waals surface area contributed by atoms with E-state index in [1.807, 2.05) is 18.2 Å². The number of anilines is 1. The molecule has 5 rings (SSSR count). The van der Waals surface area contributed by atoms with Crippen molar-refractivity contribution in [3.63, 3.8) is 0 Å². The summed E-state index contributed by atoms with van der Waals surface area (Å²) in [6.45, 7) is 1.26. The summed E-state index contributed by atoms with van der Waals surface area (Å²) >= 11 is 0. The van der Waals surface area contributed by atoms with Gasteiger partial charge in [0.15, 0.2) is 0 Å². The number of imidazole rings is 1. The predicted molar refractivity (Wildman–Crippen MR) is 137 cm³/mol.